The Morgan fingerprint density at radius 3 is 2.76 bits per heavy atom. The number of ether oxygens (including phenoxy) is 1. The number of morpholine rings is 1. The van der Waals surface area contributed by atoms with Crippen molar-refractivity contribution < 1.29 is 9.53 Å². The Kier molecular flexibility index (Phi) is 4.05. The number of rotatable bonds is 2. The van der Waals surface area contributed by atoms with Crippen LogP contribution in [0.3, 0.4) is 0 Å². The molecule has 17 heavy (non-hydrogen) atoms. The maximum Gasteiger partial charge on any atom is 0.227 e. The second-order valence-electron chi connectivity index (χ2n) is 5.44. The number of nitrogens with one attached hydrogen (secondary N) is 1. The van der Waals surface area contributed by atoms with E-state index in [0.29, 0.717) is 18.4 Å². The number of hydrogen-bond donors (Lipinski definition) is 1. The van der Waals surface area contributed by atoms with Crippen LogP contribution in [0.1, 0.15) is 27.2 Å². The standard InChI is InChI=1S/C13H24N2O2/c1-4-11-8-17-10(3)7-15(11)13(16)12-6-14-5-9(12)2/h9-12,14H,4-8H2,1-3H3/t9-,10?,11?,12-/m1/s1. The van der Waals surface area contributed by atoms with Crippen molar-refractivity contribution in [3.8, 4) is 0 Å². The Hall–Kier alpha value is -0.610. The summed E-state index contributed by atoms with van der Waals surface area (Å²) < 4.78 is 5.64. The van der Waals surface area contributed by atoms with Gasteiger partial charge in [-0.05, 0) is 25.8 Å². The topological polar surface area (TPSA) is 41.6 Å². The van der Waals surface area contributed by atoms with Crippen LogP contribution >= 0.6 is 0 Å². The van der Waals surface area contributed by atoms with Crippen LogP contribution in [-0.2, 0) is 9.53 Å². The van der Waals surface area contributed by atoms with E-state index in [9.17, 15) is 4.79 Å². The van der Waals surface area contributed by atoms with Gasteiger partial charge in [0.2, 0.25) is 5.91 Å². The van der Waals surface area contributed by atoms with Gasteiger partial charge in [-0.1, -0.05) is 13.8 Å². The van der Waals surface area contributed by atoms with Gasteiger partial charge in [0, 0.05) is 13.1 Å². The summed E-state index contributed by atoms with van der Waals surface area (Å²) in [5.41, 5.74) is 0. The summed E-state index contributed by atoms with van der Waals surface area (Å²) in [5.74, 6) is 0.942. The Bertz CT molecular complexity index is 283. The summed E-state index contributed by atoms with van der Waals surface area (Å²) in [5, 5.41) is 3.31. The van der Waals surface area contributed by atoms with Crippen molar-refractivity contribution in [2.24, 2.45) is 11.8 Å². The summed E-state index contributed by atoms with van der Waals surface area (Å²) in [6.45, 7) is 9.57. The van der Waals surface area contributed by atoms with Crippen molar-refractivity contribution in [2.45, 2.75) is 39.3 Å². The Morgan fingerprint density at radius 2 is 2.18 bits per heavy atom. The van der Waals surface area contributed by atoms with E-state index in [1.807, 2.05) is 6.92 Å². The van der Waals surface area contributed by atoms with Gasteiger partial charge in [-0.15, -0.1) is 0 Å². The molecule has 0 bridgehead atoms. The molecule has 98 valence electrons. The number of amides is 1. The highest BCUT2D eigenvalue weighted by molar-refractivity contribution is 5.80. The molecule has 4 nitrogen and oxygen atoms in total. The predicted molar refractivity (Wildman–Crippen MR) is 66.7 cm³/mol. The van der Waals surface area contributed by atoms with Crippen LogP contribution in [0, 0.1) is 11.8 Å². The van der Waals surface area contributed by atoms with Gasteiger partial charge in [0.25, 0.3) is 0 Å². The molecular formula is C13H24N2O2. The molecule has 2 rings (SSSR count). The fourth-order valence-electron chi connectivity index (χ4n) is 2.81. The largest absolute Gasteiger partial charge is 0.375 e. The average Bonchev–Trinajstić information content (AvgIpc) is 2.74. The highest BCUT2D eigenvalue weighted by Gasteiger charge is 2.37. The number of carbonyl (C=O) groups excluding carboxylic acids is 1. The normalized spacial score (nSPS) is 38.4. The molecule has 4 heteroatoms. The summed E-state index contributed by atoms with van der Waals surface area (Å²) in [6, 6.07) is 0.270. The molecule has 2 fully saturated rings. The number of carbonyl (C=O) groups is 1. The van der Waals surface area contributed by atoms with Crippen molar-refractivity contribution in [2.75, 3.05) is 26.2 Å². The molecule has 0 aromatic carbocycles. The molecule has 2 unspecified atom stereocenters. The first-order chi connectivity index (χ1) is 8.13. The Labute approximate surface area is 104 Å². The molecule has 0 aliphatic carbocycles. The van der Waals surface area contributed by atoms with Crippen LogP contribution in [0.15, 0.2) is 0 Å². The minimum atomic E-state index is 0.161. The zero-order chi connectivity index (χ0) is 12.4. The van der Waals surface area contributed by atoms with E-state index in [1.54, 1.807) is 0 Å². The van der Waals surface area contributed by atoms with E-state index >= 15 is 0 Å². The second-order valence-corrected chi connectivity index (χ2v) is 5.44. The van der Waals surface area contributed by atoms with Crippen LogP contribution in [0.25, 0.3) is 0 Å². The third-order valence-corrected chi connectivity index (χ3v) is 4.06. The van der Waals surface area contributed by atoms with Crippen molar-refractivity contribution in [1.29, 1.82) is 0 Å². The van der Waals surface area contributed by atoms with Crippen LogP contribution < -0.4 is 5.32 Å². The van der Waals surface area contributed by atoms with Crippen LogP contribution in [-0.4, -0.2) is 49.2 Å². The zero-order valence-corrected chi connectivity index (χ0v) is 11.1. The first-order valence-electron chi connectivity index (χ1n) is 6.76. The van der Waals surface area contributed by atoms with Crippen LogP contribution in [0.4, 0.5) is 0 Å². The first-order valence-corrected chi connectivity index (χ1v) is 6.76. The molecule has 2 aliphatic rings. The van der Waals surface area contributed by atoms with Crippen LogP contribution in [0.2, 0.25) is 0 Å². The number of nitrogens with zero attached hydrogens (tertiary/aromatic N) is 1. The number of hydrogen-bond acceptors (Lipinski definition) is 3. The van der Waals surface area contributed by atoms with Gasteiger partial charge in [-0.3, -0.25) is 4.79 Å². The van der Waals surface area contributed by atoms with E-state index in [-0.39, 0.29) is 18.1 Å². The second kappa shape index (κ2) is 5.36. The summed E-state index contributed by atoms with van der Waals surface area (Å²) in [7, 11) is 0. The maximum absolute atomic E-state index is 12.6. The third-order valence-electron chi connectivity index (χ3n) is 4.06. The Balaban J connectivity index is 2.05. The monoisotopic (exact) mass is 240 g/mol. The highest BCUT2D eigenvalue weighted by Crippen LogP contribution is 2.23. The molecule has 1 N–H and O–H groups in total. The summed E-state index contributed by atoms with van der Waals surface area (Å²) >= 11 is 0. The van der Waals surface area contributed by atoms with E-state index in [0.717, 1.165) is 26.1 Å². The zero-order valence-electron chi connectivity index (χ0n) is 11.1. The average molecular weight is 240 g/mol. The van der Waals surface area contributed by atoms with Gasteiger partial charge in [0.1, 0.15) is 0 Å². The van der Waals surface area contributed by atoms with Crippen molar-refractivity contribution in [3.05, 3.63) is 0 Å². The minimum Gasteiger partial charge on any atom is -0.375 e. The molecule has 0 saturated carbocycles. The molecule has 2 aliphatic heterocycles. The molecule has 0 aromatic heterocycles. The molecule has 4 atom stereocenters. The van der Waals surface area contributed by atoms with Gasteiger partial charge in [0.05, 0.1) is 24.7 Å². The fraction of sp³-hybridized carbons (Fsp3) is 0.923. The van der Waals surface area contributed by atoms with E-state index in [4.69, 9.17) is 4.74 Å². The maximum atomic E-state index is 12.6. The predicted octanol–water partition coefficient (Wildman–Crippen LogP) is 0.868. The molecule has 1 amide bonds. The van der Waals surface area contributed by atoms with E-state index in [1.165, 1.54) is 0 Å². The first kappa shape index (κ1) is 12.8. The lowest BCUT2D eigenvalue weighted by atomic mass is 9.95. The van der Waals surface area contributed by atoms with Gasteiger partial charge < -0.3 is 15.0 Å². The van der Waals surface area contributed by atoms with E-state index in [2.05, 4.69) is 24.1 Å². The Morgan fingerprint density at radius 1 is 1.41 bits per heavy atom. The third kappa shape index (κ3) is 2.63. The van der Waals surface area contributed by atoms with Crippen molar-refractivity contribution in [3.63, 3.8) is 0 Å². The lowest BCUT2D eigenvalue weighted by Crippen LogP contribution is -2.53. The van der Waals surface area contributed by atoms with E-state index < -0.39 is 0 Å². The molecule has 0 aromatic rings. The van der Waals surface area contributed by atoms with Crippen LogP contribution in [0.5, 0.6) is 0 Å². The summed E-state index contributed by atoms with van der Waals surface area (Å²) in [6.07, 6.45) is 1.15. The summed E-state index contributed by atoms with van der Waals surface area (Å²) in [4.78, 5) is 14.6. The quantitative estimate of drug-likeness (QED) is 0.778. The van der Waals surface area contributed by atoms with Crippen molar-refractivity contribution >= 4 is 5.91 Å². The lowest BCUT2D eigenvalue weighted by molar-refractivity contribution is -0.149. The molecule has 0 spiro atoms. The molecule has 2 saturated heterocycles. The fourth-order valence-corrected chi connectivity index (χ4v) is 2.81. The van der Waals surface area contributed by atoms with Gasteiger partial charge >= 0.3 is 0 Å². The lowest BCUT2D eigenvalue weighted by Gasteiger charge is -2.40. The SMILES string of the molecule is CCC1COC(C)CN1C(=O)[C@@H]1CNC[C@H]1C. The van der Waals surface area contributed by atoms with Gasteiger partial charge in [-0.25, -0.2) is 0 Å². The molecule has 2 heterocycles. The highest BCUT2D eigenvalue weighted by atomic mass is 16.5. The molecule has 0 radical (unpaired) electrons. The van der Waals surface area contributed by atoms with Gasteiger partial charge in [-0.2, -0.15) is 0 Å². The smallest absolute Gasteiger partial charge is 0.227 e. The minimum absolute atomic E-state index is 0.161. The molecular weight excluding hydrogens is 216 g/mol. The van der Waals surface area contributed by atoms with Gasteiger partial charge in [0.15, 0.2) is 0 Å². The van der Waals surface area contributed by atoms with Crippen molar-refractivity contribution in [1.82, 2.24) is 10.2 Å².